The van der Waals surface area contributed by atoms with Crippen molar-refractivity contribution in [3.05, 3.63) is 36.2 Å². The molecule has 0 aliphatic rings. The molecule has 0 amide bonds. The molecule has 8 heteroatoms. The minimum Gasteiger partial charge on any atom is -0.448 e. The molecular formula is C13H18N2O6. The van der Waals surface area contributed by atoms with Crippen LogP contribution in [-0.2, 0) is 6.42 Å². The first-order valence-corrected chi connectivity index (χ1v) is 6.51. The van der Waals surface area contributed by atoms with Crippen LogP contribution in [0.2, 0.25) is 0 Å². The first-order valence-electron chi connectivity index (χ1n) is 6.51. The lowest BCUT2D eigenvalue weighted by molar-refractivity contribution is -0.0679. The third kappa shape index (κ3) is 4.11. The summed E-state index contributed by atoms with van der Waals surface area (Å²) in [6, 6.07) is 0. The van der Waals surface area contributed by atoms with Crippen molar-refractivity contribution in [2.75, 3.05) is 0 Å². The summed E-state index contributed by atoms with van der Waals surface area (Å²) in [6.07, 6.45) is -0.573. The van der Waals surface area contributed by atoms with Gasteiger partial charge in [-0.25, -0.2) is 9.97 Å². The zero-order valence-corrected chi connectivity index (χ0v) is 11.5. The Kier molecular flexibility index (Phi) is 5.07. The summed E-state index contributed by atoms with van der Waals surface area (Å²) < 4.78 is 10.3. The van der Waals surface area contributed by atoms with E-state index in [1.165, 1.54) is 25.8 Å². The number of hydrogen-bond donors (Lipinski definition) is 4. The van der Waals surface area contributed by atoms with E-state index in [0.29, 0.717) is 18.1 Å². The second-order valence-corrected chi connectivity index (χ2v) is 4.86. The Morgan fingerprint density at radius 3 is 2.57 bits per heavy atom. The fourth-order valence-corrected chi connectivity index (χ4v) is 1.85. The predicted molar refractivity (Wildman–Crippen MR) is 69.1 cm³/mol. The van der Waals surface area contributed by atoms with Crippen LogP contribution in [0.15, 0.2) is 27.7 Å². The molecule has 0 aromatic carbocycles. The Balaban J connectivity index is 1.94. The predicted octanol–water partition coefficient (Wildman–Crippen LogP) is -0.221. The van der Waals surface area contributed by atoms with Crippen LogP contribution in [-0.4, -0.2) is 48.7 Å². The highest BCUT2D eigenvalue weighted by molar-refractivity contribution is 5.06. The largest absolute Gasteiger partial charge is 0.448 e. The number of hydrogen-bond acceptors (Lipinski definition) is 8. The van der Waals surface area contributed by atoms with Crippen molar-refractivity contribution >= 4 is 0 Å². The number of nitrogens with zero attached hydrogens (tertiary/aromatic N) is 2. The standard InChI is InChI=1S/C13H18N2O6/c1-7(16)13(19)11(18)3-10(17)9-5-20-12(15-9)2-8-4-14-6-21-8/h4-7,10-11,13,16-19H,2-3H2,1H3/t7-,10+,11-,13+/m0/s1. The number of aliphatic hydroxyl groups excluding tert-OH is 4. The highest BCUT2D eigenvalue weighted by atomic mass is 16.4. The Hall–Kier alpha value is -1.74. The molecule has 2 aromatic heterocycles. The molecule has 0 fully saturated rings. The lowest BCUT2D eigenvalue weighted by atomic mass is 10.0. The topological polar surface area (TPSA) is 133 Å². The average Bonchev–Trinajstić information content (AvgIpc) is 3.09. The molecule has 0 unspecified atom stereocenters. The molecular weight excluding hydrogens is 280 g/mol. The number of aromatic nitrogens is 2. The maximum atomic E-state index is 9.95. The minimum atomic E-state index is -1.33. The van der Waals surface area contributed by atoms with E-state index in [1.54, 1.807) is 0 Å². The fraction of sp³-hybridized carbons (Fsp3) is 0.538. The van der Waals surface area contributed by atoms with Crippen molar-refractivity contribution in [3.8, 4) is 0 Å². The first-order chi connectivity index (χ1) is 9.97. The smallest absolute Gasteiger partial charge is 0.201 e. The van der Waals surface area contributed by atoms with Crippen LogP contribution in [0, 0.1) is 0 Å². The Morgan fingerprint density at radius 2 is 1.95 bits per heavy atom. The van der Waals surface area contributed by atoms with E-state index in [-0.39, 0.29) is 12.1 Å². The van der Waals surface area contributed by atoms with Crippen molar-refractivity contribution in [2.24, 2.45) is 0 Å². The molecule has 2 heterocycles. The molecule has 0 saturated carbocycles. The van der Waals surface area contributed by atoms with Crippen molar-refractivity contribution in [2.45, 2.75) is 44.2 Å². The maximum Gasteiger partial charge on any atom is 0.201 e. The summed E-state index contributed by atoms with van der Waals surface area (Å²) in [7, 11) is 0. The van der Waals surface area contributed by atoms with E-state index in [1.807, 2.05) is 0 Å². The van der Waals surface area contributed by atoms with Gasteiger partial charge in [0.2, 0.25) is 5.89 Å². The Labute approximate surface area is 120 Å². The van der Waals surface area contributed by atoms with Gasteiger partial charge in [0, 0.05) is 6.42 Å². The van der Waals surface area contributed by atoms with Gasteiger partial charge in [-0.15, -0.1) is 0 Å². The van der Waals surface area contributed by atoms with Crippen LogP contribution in [0.25, 0.3) is 0 Å². The first kappa shape index (κ1) is 15.6. The third-order valence-electron chi connectivity index (χ3n) is 3.07. The quantitative estimate of drug-likeness (QED) is 0.551. The fourth-order valence-electron chi connectivity index (χ4n) is 1.85. The average molecular weight is 298 g/mol. The van der Waals surface area contributed by atoms with Crippen molar-refractivity contribution in [1.29, 1.82) is 0 Å². The monoisotopic (exact) mass is 298 g/mol. The van der Waals surface area contributed by atoms with E-state index in [9.17, 15) is 20.4 Å². The van der Waals surface area contributed by atoms with E-state index < -0.39 is 24.4 Å². The number of rotatable bonds is 7. The summed E-state index contributed by atoms with van der Waals surface area (Å²) in [5.41, 5.74) is 0.237. The molecule has 116 valence electrons. The summed E-state index contributed by atoms with van der Waals surface area (Å²) >= 11 is 0. The molecule has 0 aliphatic heterocycles. The van der Waals surface area contributed by atoms with Gasteiger partial charge in [0.05, 0.1) is 24.8 Å². The van der Waals surface area contributed by atoms with Crippen LogP contribution >= 0.6 is 0 Å². The van der Waals surface area contributed by atoms with Crippen molar-refractivity contribution in [3.63, 3.8) is 0 Å². The zero-order chi connectivity index (χ0) is 15.4. The minimum absolute atomic E-state index is 0.166. The molecule has 0 radical (unpaired) electrons. The summed E-state index contributed by atoms with van der Waals surface area (Å²) in [5.74, 6) is 0.911. The van der Waals surface area contributed by atoms with Gasteiger partial charge >= 0.3 is 0 Å². The second kappa shape index (κ2) is 6.81. The van der Waals surface area contributed by atoms with Gasteiger partial charge in [0.1, 0.15) is 29.9 Å². The lowest BCUT2D eigenvalue weighted by Crippen LogP contribution is -2.36. The molecule has 0 aliphatic carbocycles. The van der Waals surface area contributed by atoms with Gasteiger partial charge in [0.15, 0.2) is 6.39 Å². The summed E-state index contributed by atoms with van der Waals surface area (Å²) in [6.45, 7) is 1.35. The Morgan fingerprint density at radius 1 is 1.19 bits per heavy atom. The van der Waals surface area contributed by atoms with Gasteiger partial charge < -0.3 is 29.3 Å². The summed E-state index contributed by atoms with van der Waals surface area (Å²) in [5, 5.41) is 38.3. The van der Waals surface area contributed by atoms with Crippen LogP contribution in [0.4, 0.5) is 0 Å². The van der Waals surface area contributed by atoms with Gasteiger partial charge in [-0.05, 0) is 6.92 Å². The second-order valence-electron chi connectivity index (χ2n) is 4.86. The van der Waals surface area contributed by atoms with Gasteiger partial charge in [-0.1, -0.05) is 0 Å². The Bertz CT molecular complexity index is 539. The van der Waals surface area contributed by atoms with Crippen molar-refractivity contribution in [1.82, 2.24) is 9.97 Å². The molecule has 21 heavy (non-hydrogen) atoms. The van der Waals surface area contributed by atoms with E-state index >= 15 is 0 Å². The highest BCUT2D eigenvalue weighted by Gasteiger charge is 2.26. The number of oxazole rings is 2. The molecule has 2 rings (SSSR count). The molecule has 8 nitrogen and oxygen atoms in total. The third-order valence-corrected chi connectivity index (χ3v) is 3.07. The summed E-state index contributed by atoms with van der Waals surface area (Å²) in [4.78, 5) is 7.85. The van der Waals surface area contributed by atoms with Gasteiger partial charge in [-0.2, -0.15) is 0 Å². The molecule has 2 aromatic rings. The van der Waals surface area contributed by atoms with E-state index in [4.69, 9.17) is 8.83 Å². The molecule has 0 spiro atoms. The molecule has 0 saturated heterocycles. The normalized spacial score (nSPS) is 17.4. The van der Waals surface area contributed by atoms with Crippen LogP contribution in [0.5, 0.6) is 0 Å². The maximum absolute atomic E-state index is 9.95. The van der Waals surface area contributed by atoms with E-state index in [0.717, 1.165) is 0 Å². The molecule has 4 atom stereocenters. The highest BCUT2D eigenvalue weighted by Crippen LogP contribution is 2.21. The SMILES string of the molecule is C[C@H](O)[C@@H](O)[C@@H](O)C[C@@H](O)c1coc(Cc2cnco2)n1. The molecule has 0 bridgehead atoms. The number of aliphatic hydroxyl groups is 4. The van der Waals surface area contributed by atoms with Crippen LogP contribution in [0.1, 0.15) is 36.8 Å². The van der Waals surface area contributed by atoms with Gasteiger partial charge in [0.25, 0.3) is 0 Å². The van der Waals surface area contributed by atoms with Crippen LogP contribution in [0.3, 0.4) is 0 Å². The lowest BCUT2D eigenvalue weighted by Gasteiger charge is -2.21. The van der Waals surface area contributed by atoms with Crippen molar-refractivity contribution < 1.29 is 29.3 Å². The zero-order valence-electron chi connectivity index (χ0n) is 11.5. The van der Waals surface area contributed by atoms with E-state index in [2.05, 4.69) is 9.97 Å². The molecule has 4 N–H and O–H groups in total. The van der Waals surface area contributed by atoms with Gasteiger partial charge in [-0.3, -0.25) is 0 Å². The van der Waals surface area contributed by atoms with Crippen LogP contribution < -0.4 is 0 Å².